The molecule has 2 amide bonds. The van der Waals surface area contributed by atoms with Crippen LogP contribution in [0.5, 0.6) is 0 Å². The van der Waals surface area contributed by atoms with E-state index in [4.69, 9.17) is 5.73 Å². The highest BCUT2D eigenvalue weighted by Crippen LogP contribution is 1.94. The van der Waals surface area contributed by atoms with Gasteiger partial charge in [-0.05, 0) is 6.42 Å². The number of rotatable bonds is 6. The summed E-state index contributed by atoms with van der Waals surface area (Å²) < 4.78 is 0. The Kier molecular flexibility index (Phi) is 4.43. The SMILES string of the molecule is NC(=O)CC[C@H](NC=O)C(=O)[O-]. The molecule has 0 saturated carbocycles. The second kappa shape index (κ2) is 5.11. The fourth-order valence-corrected chi connectivity index (χ4v) is 0.638. The number of primary amides is 1. The van der Waals surface area contributed by atoms with Crippen LogP contribution in [0, 0.1) is 0 Å². The van der Waals surface area contributed by atoms with Gasteiger partial charge in [-0.15, -0.1) is 0 Å². The number of hydrogen-bond acceptors (Lipinski definition) is 4. The first-order valence-electron chi connectivity index (χ1n) is 3.26. The molecular formula is C6H9N2O4-. The van der Waals surface area contributed by atoms with Gasteiger partial charge < -0.3 is 21.0 Å². The van der Waals surface area contributed by atoms with Crippen LogP contribution < -0.4 is 16.2 Å². The first-order valence-corrected chi connectivity index (χ1v) is 3.26. The van der Waals surface area contributed by atoms with E-state index in [0.29, 0.717) is 0 Å². The largest absolute Gasteiger partial charge is 0.548 e. The average molecular weight is 173 g/mol. The molecule has 0 aliphatic heterocycles. The maximum absolute atomic E-state index is 10.2. The van der Waals surface area contributed by atoms with Crippen LogP contribution in [-0.4, -0.2) is 24.3 Å². The lowest BCUT2D eigenvalue weighted by atomic mass is 10.1. The summed E-state index contributed by atoms with van der Waals surface area (Å²) in [6, 6.07) is -1.14. The van der Waals surface area contributed by atoms with Crippen molar-refractivity contribution in [2.24, 2.45) is 5.73 Å². The second-order valence-electron chi connectivity index (χ2n) is 2.16. The Bertz CT molecular complexity index is 192. The molecule has 0 saturated heterocycles. The molecule has 0 aromatic carbocycles. The van der Waals surface area contributed by atoms with Gasteiger partial charge in [0, 0.05) is 6.42 Å². The zero-order valence-electron chi connectivity index (χ0n) is 6.28. The maximum Gasteiger partial charge on any atom is 0.217 e. The van der Waals surface area contributed by atoms with E-state index in [9.17, 15) is 19.5 Å². The molecule has 0 radical (unpaired) electrons. The summed E-state index contributed by atoms with van der Waals surface area (Å²) in [5, 5.41) is 12.2. The summed E-state index contributed by atoms with van der Waals surface area (Å²) in [5.74, 6) is -2.04. The summed E-state index contributed by atoms with van der Waals surface area (Å²) in [5.41, 5.74) is 4.77. The zero-order chi connectivity index (χ0) is 9.56. The number of nitrogens with two attached hydrogens (primary N) is 1. The number of carbonyl (C=O) groups is 3. The normalized spacial score (nSPS) is 11.7. The number of nitrogens with one attached hydrogen (secondary N) is 1. The molecule has 6 nitrogen and oxygen atoms in total. The molecule has 0 aromatic rings. The lowest BCUT2D eigenvalue weighted by Gasteiger charge is -2.15. The summed E-state index contributed by atoms with van der Waals surface area (Å²) >= 11 is 0. The van der Waals surface area contributed by atoms with Crippen molar-refractivity contribution in [3.05, 3.63) is 0 Å². The Morgan fingerprint density at radius 1 is 1.58 bits per heavy atom. The highest BCUT2D eigenvalue weighted by atomic mass is 16.4. The van der Waals surface area contributed by atoms with Crippen molar-refractivity contribution >= 4 is 18.3 Å². The predicted octanol–water partition coefficient (Wildman–Crippen LogP) is -2.88. The molecule has 0 unspecified atom stereocenters. The van der Waals surface area contributed by atoms with Crippen molar-refractivity contribution < 1.29 is 19.5 Å². The van der Waals surface area contributed by atoms with Crippen LogP contribution >= 0.6 is 0 Å². The van der Waals surface area contributed by atoms with Crippen molar-refractivity contribution in [3.63, 3.8) is 0 Å². The highest BCUT2D eigenvalue weighted by molar-refractivity contribution is 5.77. The molecule has 0 bridgehead atoms. The summed E-state index contributed by atoms with van der Waals surface area (Å²) in [7, 11) is 0. The average Bonchev–Trinajstić information content (AvgIpc) is 1.96. The van der Waals surface area contributed by atoms with E-state index in [-0.39, 0.29) is 19.3 Å². The van der Waals surface area contributed by atoms with E-state index >= 15 is 0 Å². The molecule has 0 aliphatic carbocycles. The number of carboxylic acids is 1. The van der Waals surface area contributed by atoms with E-state index in [1.165, 1.54) is 0 Å². The molecule has 0 aliphatic rings. The number of hydrogen-bond donors (Lipinski definition) is 2. The smallest absolute Gasteiger partial charge is 0.217 e. The van der Waals surface area contributed by atoms with Crippen LogP contribution in [0.3, 0.4) is 0 Å². The van der Waals surface area contributed by atoms with Gasteiger partial charge in [-0.2, -0.15) is 0 Å². The van der Waals surface area contributed by atoms with Crippen LogP contribution in [-0.2, 0) is 14.4 Å². The monoisotopic (exact) mass is 173 g/mol. The van der Waals surface area contributed by atoms with E-state index < -0.39 is 17.9 Å². The second-order valence-corrected chi connectivity index (χ2v) is 2.16. The van der Waals surface area contributed by atoms with Crippen molar-refractivity contribution in [2.75, 3.05) is 0 Å². The molecule has 3 N–H and O–H groups in total. The Labute approximate surface area is 68.7 Å². The number of carbonyl (C=O) groups excluding carboxylic acids is 3. The van der Waals surface area contributed by atoms with E-state index in [0.717, 1.165) is 0 Å². The lowest BCUT2D eigenvalue weighted by Crippen LogP contribution is -2.45. The minimum Gasteiger partial charge on any atom is -0.548 e. The van der Waals surface area contributed by atoms with Crippen LogP contribution in [0.4, 0.5) is 0 Å². The molecule has 6 heteroatoms. The fourth-order valence-electron chi connectivity index (χ4n) is 0.638. The molecule has 1 atom stereocenters. The zero-order valence-corrected chi connectivity index (χ0v) is 6.28. The van der Waals surface area contributed by atoms with Crippen molar-refractivity contribution in [3.8, 4) is 0 Å². The first kappa shape index (κ1) is 10.4. The Morgan fingerprint density at radius 3 is 2.50 bits per heavy atom. The lowest BCUT2D eigenvalue weighted by molar-refractivity contribution is -0.308. The Balaban J connectivity index is 3.86. The number of amides is 2. The van der Waals surface area contributed by atoms with Crippen molar-refractivity contribution in [1.29, 1.82) is 0 Å². The van der Waals surface area contributed by atoms with Gasteiger partial charge in [0.25, 0.3) is 0 Å². The topological polar surface area (TPSA) is 112 Å². The predicted molar refractivity (Wildman–Crippen MR) is 36.4 cm³/mol. The van der Waals surface area contributed by atoms with Gasteiger partial charge in [-0.3, -0.25) is 9.59 Å². The van der Waals surface area contributed by atoms with Gasteiger partial charge in [0.05, 0.1) is 12.0 Å². The fraction of sp³-hybridized carbons (Fsp3) is 0.500. The van der Waals surface area contributed by atoms with Gasteiger partial charge in [-0.1, -0.05) is 0 Å². The van der Waals surface area contributed by atoms with Gasteiger partial charge in [-0.25, -0.2) is 0 Å². The molecular weight excluding hydrogens is 164 g/mol. The van der Waals surface area contributed by atoms with Crippen LogP contribution in [0.1, 0.15) is 12.8 Å². The Morgan fingerprint density at radius 2 is 2.17 bits per heavy atom. The van der Waals surface area contributed by atoms with Crippen molar-refractivity contribution in [1.82, 2.24) is 5.32 Å². The number of carboxylic acid groups (broad SMARTS) is 1. The van der Waals surface area contributed by atoms with Gasteiger partial charge in [0.1, 0.15) is 0 Å². The molecule has 0 rings (SSSR count). The van der Waals surface area contributed by atoms with Gasteiger partial charge in [0.2, 0.25) is 12.3 Å². The van der Waals surface area contributed by atoms with Gasteiger partial charge in [0.15, 0.2) is 0 Å². The number of aliphatic carboxylic acids is 1. The molecule has 0 fully saturated rings. The highest BCUT2D eigenvalue weighted by Gasteiger charge is 2.09. The summed E-state index contributed by atoms with van der Waals surface area (Å²) in [4.78, 5) is 30.3. The molecule has 0 aromatic heterocycles. The Hall–Kier alpha value is -1.59. The third-order valence-corrected chi connectivity index (χ3v) is 1.23. The summed E-state index contributed by atoms with van der Waals surface area (Å²) in [6.45, 7) is 0. The molecule has 0 spiro atoms. The molecule has 0 heterocycles. The van der Waals surface area contributed by atoms with Gasteiger partial charge >= 0.3 is 0 Å². The standard InChI is InChI=1S/C6H10N2O4/c7-5(10)2-1-4(6(11)12)8-3-9/h3-4H,1-2H2,(H2,7,10)(H,8,9)(H,11,12)/p-1/t4-/m0/s1. The van der Waals surface area contributed by atoms with Crippen LogP contribution in [0.2, 0.25) is 0 Å². The van der Waals surface area contributed by atoms with Crippen molar-refractivity contribution in [2.45, 2.75) is 18.9 Å². The maximum atomic E-state index is 10.2. The minimum atomic E-state index is -1.43. The molecule has 12 heavy (non-hydrogen) atoms. The quantitative estimate of drug-likeness (QED) is 0.420. The third-order valence-electron chi connectivity index (χ3n) is 1.23. The minimum absolute atomic E-state index is 0.0452. The first-order chi connectivity index (χ1) is 5.57. The summed E-state index contributed by atoms with van der Waals surface area (Å²) in [6.07, 6.45) is 0.0946. The van der Waals surface area contributed by atoms with Crippen LogP contribution in [0.25, 0.3) is 0 Å². The molecule has 68 valence electrons. The van der Waals surface area contributed by atoms with Crippen LogP contribution in [0.15, 0.2) is 0 Å². The van der Waals surface area contributed by atoms with E-state index in [1.807, 2.05) is 5.32 Å². The van der Waals surface area contributed by atoms with E-state index in [1.54, 1.807) is 0 Å². The van der Waals surface area contributed by atoms with E-state index in [2.05, 4.69) is 0 Å². The third kappa shape index (κ3) is 4.26.